The Morgan fingerprint density at radius 1 is 1.44 bits per heavy atom. The van der Waals surface area contributed by atoms with Crippen molar-refractivity contribution in [3.05, 3.63) is 23.8 Å². The summed E-state index contributed by atoms with van der Waals surface area (Å²) in [5.74, 6) is 0. The molecule has 0 radical (unpaired) electrons. The van der Waals surface area contributed by atoms with Crippen LogP contribution in [0.5, 0.6) is 0 Å². The largest absolute Gasteiger partial charge is 0.241 e. The topological polar surface area (TPSA) is 14.0 Å². The summed E-state index contributed by atoms with van der Waals surface area (Å²) in [5, 5.41) is 0. The van der Waals surface area contributed by atoms with E-state index < -0.39 is 0 Å². The highest BCUT2D eigenvalue weighted by atomic mass is 14.8. The van der Waals surface area contributed by atoms with Crippen molar-refractivity contribution in [3.8, 4) is 0 Å². The van der Waals surface area contributed by atoms with Gasteiger partial charge in [0.05, 0.1) is 0 Å². The number of allylic oxidation sites excluding steroid dienone is 2. The quantitative estimate of drug-likeness (QED) is 0.425. The Labute approximate surface area is 54.8 Å². The van der Waals surface area contributed by atoms with Gasteiger partial charge < -0.3 is 0 Å². The number of fused-ring (bicyclic) bond motifs is 1. The van der Waals surface area contributed by atoms with Crippen molar-refractivity contribution >= 4 is 6.21 Å². The van der Waals surface area contributed by atoms with Crippen LogP contribution in [0.15, 0.2) is 23.8 Å². The molecule has 0 fully saturated rings. The summed E-state index contributed by atoms with van der Waals surface area (Å²) in [6.45, 7) is 0. The zero-order valence-electron chi connectivity index (χ0n) is 5.30. The van der Waals surface area contributed by atoms with Crippen LogP contribution in [0, 0.1) is 0 Å². The van der Waals surface area contributed by atoms with Gasteiger partial charge in [0, 0.05) is 18.1 Å². The predicted octanol–water partition coefficient (Wildman–Crippen LogP) is -0.204. The standard InChI is InChI=1S/C8H9N/c1-2-4-8-7(3-1)5-6-9-8/h1-2,5-6,8H,3-4H2/p+1. The Bertz CT molecular complexity index is 199. The second kappa shape index (κ2) is 1.83. The third-order valence-electron chi connectivity index (χ3n) is 1.93. The van der Waals surface area contributed by atoms with Crippen molar-refractivity contribution in [2.24, 2.45) is 0 Å². The van der Waals surface area contributed by atoms with Crippen molar-refractivity contribution in [3.63, 3.8) is 0 Å². The highest BCUT2D eigenvalue weighted by Gasteiger charge is 2.21. The van der Waals surface area contributed by atoms with Gasteiger partial charge in [0.25, 0.3) is 0 Å². The first-order valence-corrected chi connectivity index (χ1v) is 3.40. The van der Waals surface area contributed by atoms with Gasteiger partial charge in [-0.25, -0.2) is 4.99 Å². The van der Waals surface area contributed by atoms with Gasteiger partial charge in [-0.15, -0.1) is 0 Å². The monoisotopic (exact) mass is 120 g/mol. The first kappa shape index (κ1) is 4.98. The van der Waals surface area contributed by atoms with E-state index in [2.05, 4.69) is 23.2 Å². The maximum absolute atomic E-state index is 3.29. The maximum Gasteiger partial charge on any atom is 0.176 e. The summed E-state index contributed by atoms with van der Waals surface area (Å²) in [4.78, 5) is 3.29. The molecule has 1 aliphatic carbocycles. The first-order chi connectivity index (χ1) is 4.47. The number of nitrogens with one attached hydrogen (secondary N) is 1. The fourth-order valence-electron chi connectivity index (χ4n) is 1.38. The van der Waals surface area contributed by atoms with Gasteiger partial charge in [-0.05, 0) is 6.42 Å². The first-order valence-electron chi connectivity index (χ1n) is 3.40. The molecule has 1 atom stereocenters. The SMILES string of the molecule is C1=CCC2[NH+]=CC=C2C1. The van der Waals surface area contributed by atoms with Crippen LogP contribution in [-0.2, 0) is 0 Å². The summed E-state index contributed by atoms with van der Waals surface area (Å²) in [5.41, 5.74) is 1.54. The van der Waals surface area contributed by atoms with Gasteiger partial charge in [0.1, 0.15) is 0 Å². The van der Waals surface area contributed by atoms with E-state index in [0.717, 1.165) is 6.42 Å². The lowest BCUT2D eigenvalue weighted by molar-refractivity contribution is -0.481. The van der Waals surface area contributed by atoms with Crippen LogP contribution in [0.1, 0.15) is 12.8 Å². The molecule has 1 aliphatic heterocycles. The molecule has 0 bridgehead atoms. The molecule has 0 amide bonds. The van der Waals surface area contributed by atoms with Crippen LogP contribution >= 0.6 is 0 Å². The van der Waals surface area contributed by atoms with Crippen molar-refractivity contribution in [2.75, 3.05) is 0 Å². The Morgan fingerprint density at radius 3 is 3.33 bits per heavy atom. The van der Waals surface area contributed by atoms with Crippen LogP contribution in [-0.4, -0.2) is 12.3 Å². The van der Waals surface area contributed by atoms with Crippen LogP contribution in [0.3, 0.4) is 0 Å². The molecule has 2 aliphatic rings. The zero-order valence-corrected chi connectivity index (χ0v) is 5.30. The van der Waals surface area contributed by atoms with Gasteiger partial charge in [-0.3, -0.25) is 0 Å². The number of hydrogen-bond donors (Lipinski definition) is 1. The van der Waals surface area contributed by atoms with Gasteiger partial charge in [-0.2, -0.15) is 0 Å². The van der Waals surface area contributed by atoms with Crippen molar-refractivity contribution in [1.29, 1.82) is 0 Å². The molecule has 9 heavy (non-hydrogen) atoms. The molecule has 0 saturated carbocycles. The van der Waals surface area contributed by atoms with Crippen LogP contribution in [0.25, 0.3) is 0 Å². The van der Waals surface area contributed by atoms with E-state index in [0.29, 0.717) is 6.04 Å². The van der Waals surface area contributed by atoms with Crippen LogP contribution < -0.4 is 4.99 Å². The zero-order chi connectivity index (χ0) is 6.10. The van der Waals surface area contributed by atoms with Gasteiger partial charge in [0.15, 0.2) is 12.3 Å². The summed E-state index contributed by atoms with van der Waals surface area (Å²) < 4.78 is 0. The Kier molecular flexibility index (Phi) is 1.01. The molecule has 1 unspecified atom stereocenters. The average molecular weight is 120 g/mol. The van der Waals surface area contributed by atoms with Gasteiger partial charge in [-0.1, -0.05) is 12.2 Å². The highest BCUT2D eigenvalue weighted by molar-refractivity contribution is 5.69. The van der Waals surface area contributed by atoms with Crippen molar-refractivity contribution < 1.29 is 4.99 Å². The average Bonchev–Trinajstić information content (AvgIpc) is 2.33. The highest BCUT2D eigenvalue weighted by Crippen LogP contribution is 2.15. The lowest BCUT2D eigenvalue weighted by Crippen LogP contribution is -2.74. The molecular weight excluding hydrogens is 110 g/mol. The molecule has 1 heterocycles. The molecule has 0 spiro atoms. The molecule has 0 aromatic rings. The third kappa shape index (κ3) is 0.727. The molecule has 0 aromatic heterocycles. The van der Waals surface area contributed by atoms with Gasteiger partial charge >= 0.3 is 0 Å². The summed E-state index contributed by atoms with van der Waals surface area (Å²) >= 11 is 0. The number of hydrogen-bond acceptors (Lipinski definition) is 0. The molecule has 1 nitrogen and oxygen atoms in total. The lowest BCUT2D eigenvalue weighted by Gasteiger charge is -2.07. The maximum atomic E-state index is 3.29. The number of rotatable bonds is 0. The Balaban J connectivity index is 2.27. The van der Waals surface area contributed by atoms with Crippen LogP contribution in [0.2, 0.25) is 0 Å². The summed E-state index contributed by atoms with van der Waals surface area (Å²) in [6.07, 6.45) is 11.0. The van der Waals surface area contributed by atoms with E-state index in [9.17, 15) is 0 Å². The normalized spacial score (nSPS) is 30.2. The Morgan fingerprint density at radius 2 is 2.44 bits per heavy atom. The second-order valence-corrected chi connectivity index (χ2v) is 2.54. The summed E-state index contributed by atoms with van der Waals surface area (Å²) in [6, 6.07) is 0.634. The van der Waals surface area contributed by atoms with E-state index in [4.69, 9.17) is 0 Å². The Hall–Kier alpha value is -0.850. The minimum Gasteiger partial charge on any atom is -0.241 e. The molecule has 0 aromatic carbocycles. The third-order valence-corrected chi connectivity index (χ3v) is 1.93. The summed E-state index contributed by atoms with van der Waals surface area (Å²) in [7, 11) is 0. The smallest absolute Gasteiger partial charge is 0.176 e. The fourth-order valence-corrected chi connectivity index (χ4v) is 1.38. The molecular formula is C8H10N+. The van der Waals surface area contributed by atoms with E-state index in [-0.39, 0.29) is 0 Å². The van der Waals surface area contributed by atoms with Crippen molar-refractivity contribution in [1.82, 2.24) is 0 Å². The predicted molar refractivity (Wildman–Crippen MR) is 37.3 cm³/mol. The molecule has 46 valence electrons. The molecule has 2 rings (SSSR count). The van der Waals surface area contributed by atoms with E-state index in [1.54, 1.807) is 0 Å². The minimum atomic E-state index is 0.634. The van der Waals surface area contributed by atoms with E-state index in [1.165, 1.54) is 12.0 Å². The lowest BCUT2D eigenvalue weighted by atomic mass is 9.98. The molecule has 1 N–H and O–H groups in total. The van der Waals surface area contributed by atoms with E-state index in [1.807, 2.05) is 6.21 Å². The van der Waals surface area contributed by atoms with Crippen molar-refractivity contribution in [2.45, 2.75) is 18.9 Å². The molecule has 1 heteroatoms. The van der Waals surface area contributed by atoms with E-state index >= 15 is 0 Å². The fraction of sp³-hybridized carbons (Fsp3) is 0.375. The molecule has 0 saturated heterocycles. The second-order valence-electron chi connectivity index (χ2n) is 2.54. The van der Waals surface area contributed by atoms with Crippen LogP contribution in [0.4, 0.5) is 0 Å². The van der Waals surface area contributed by atoms with Gasteiger partial charge in [0.2, 0.25) is 0 Å². The minimum absolute atomic E-state index is 0.634.